The molecule has 0 aliphatic heterocycles. The van der Waals surface area contributed by atoms with E-state index in [1.807, 2.05) is 0 Å². The summed E-state index contributed by atoms with van der Waals surface area (Å²) in [6.45, 7) is 2.25. The zero-order chi connectivity index (χ0) is 12.1. The van der Waals surface area contributed by atoms with Gasteiger partial charge in [-0.25, -0.2) is 5.43 Å². The lowest BCUT2D eigenvalue weighted by Gasteiger charge is -2.18. The minimum absolute atomic E-state index is 0.239. The highest BCUT2D eigenvalue weighted by Gasteiger charge is 2.14. The smallest absolute Gasteiger partial charge is 0.266 e. The number of carbonyl (C=O) groups is 1. The maximum Gasteiger partial charge on any atom is 0.289 e. The third-order valence-corrected chi connectivity index (χ3v) is 3.06. The molecule has 1 N–H and O–H groups in total. The van der Waals surface area contributed by atoms with Crippen LogP contribution in [0.3, 0.4) is 0 Å². The van der Waals surface area contributed by atoms with Crippen molar-refractivity contribution in [3.63, 3.8) is 0 Å². The molecular weight excluding hydrogens is 214 g/mol. The minimum atomic E-state index is -0.239. The number of aromatic nitrogens is 1. The van der Waals surface area contributed by atoms with E-state index in [-0.39, 0.29) is 5.91 Å². The van der Waals surface area contributed by atoms with Crippen LogP contribution in [-0.2, 0) is 0 Å². The van der Waals surface area contributed by atoms with Gasteiger partial charge in [-0.05, 0) is 43.7 Å². The highest BCUT2D eigenvalue weighted by Crippen LogP contribution is 2.20. The van der Waals surface area contributed by atoms with E-state index in [9.17, 15) is 4.79 Å². The fourth-order valence-corrected chi connectivity index (χ4v) is 1.89. The first kappa shape index (κ1) is 11.8. The van der Waals surface area contributed by atoms with E-state index in [2.05, 4.69) is 22.4 Å². The molecule has 1 aliphatic carbocycles. The second kappa shape index (κ2) is 5.57. The van der Waals surface area contributed by atoms with Gasteiger partial charge in [-0.2, -0.15) is 5.10 Å². The summed E-state index contributed by atoms with van der Waals surface area (Å²) in [6.07, 6.45) is 5.91. The molecule has 1 aromatic heterocycles. The summed E-state index contributed by atoms with van der Waals surface area (Å²) in [4.78, 5) is 15.6. The Bertz CT molecular complexity index is 404. The lowest BCUT2D eigenvalue weighted by molar-refractivity contribution is 0.0949. The second-order valence-electron chi connectivity index (χ2n) is 4.52. The molecule has 0 saturated heterocycles. The van der Waals surface area contributed by atoms with Crippen molar-refractivity contribution < 1.29 is 4.79 Å². The van der Waals surface area contributed by atoms with Crippen LogP contribution in [0.15, 0.2) is 29.5 Å². The number of amides is 1. The molecule has 4 nitrogen and oxygen atoms in total. The first-order valence-corrected chi connectivity index (χ1v) is 6.02. The van der Waals surface area contributed by atoms with E-state index in [0.717, 1.165) is 37.3 Å². The molecule has 1 amide bonds. The van der Waals surface area contributed by atoms with Crippen LogP contribution < -0.4 is 5.43 Å². The number of hydrogen-bond acceptors (Lipinski definition) is 3. The van der Waals surface area contributed by atoms with Crippen molar-refractivity contribution in [2.24, 2.45) is 11.0 Å². The van der Waals surface area contributed by atoms with Crippen LogP contribution in [0, 0.1) is 5.92 Å². The van der Waals surface area contributed by atoms with Gasteiger partial charge in [-0.15, -0.1) is 0 Å². The largest absolute Gasteiger partial charge is 0.289 e. The number of hydrazone groups is 1. The number of carbonyl (C=O) groups excluding carboxylic acids is 1. The van der Waals surface area contributed by atoms with Crippen LogP contribution >= 0.6 is 0 Å². The molecule has 17 heavy (non-hydrogen) atoms. The average Bonchev–Trinajstić information content (AvgIpc) is 2.39. The van der Waals surface area contributed by atoms with Crippen molar-refractivity contribution in [3.8, 4) is 0 Å². The monoisotopic (exact) mass is 231 g/mol. The summed E-state index contributed by atoms with van der Waals surface area (Å²) < 4.78 is 0. The van der Waals surface area contributed by atoms with Crippen LogP contribution in [0.1, 0.15) is 43.1 Å². The number of nitrogens with one attached hydrogen (secondary N) is 1. The Morgan fingerprint density at radius 2 is 2.18 bits per heavy atom. The van der Waals surface area contributed by atoms with Crippen molar-refractivity contribution >= 4 is 11.6 Å². The van der Waals surface area contributed by atoms with E-state index in [1.54, 1.807) is 24.4 Å². The van der Waals surface area contributed by atoms with Gasteiger partial charge in [0.25, 0.3) is 5.91 Å². The SMILES string of the molecule is CC1CCC(=NNC(=O)c2ccccn2)CC1. The normalized spacial score (nSPS) is 19.8. The van der Waals surface area contributed by atoms with Gasteiger partial charge < -0.3 is 0 Å². The van der Waals surface area contributed by atoms with E-state index in [4.69, 9.17) is 0 Å². The van der Waals surface area contributed by atoms with Gasteiger partial charge in [0.2, 0.25) is 0 Å². The Hall–Kier alpha value is -1.71. The lowest BCUT2D eigenvalue weighted by atomic mass is 9.90. The zero-order valence-corrected chi connectivity index (χ0v) is 10.0. The van der Waals surface area contributed by atoms with Crippen molar-refractivity contribution in [2.45, 2.75) is 32.6 Å². The maximum absolute atomic E-state index is 11.7. The molecule has 0 bridgehead atoms. The molecule has 0 unspecified atom stereocenters. The van der Waals surface area contributed by atoms with Crippen LogP contribution in [0.25, 0.3) is 0 Å². The molecule has 0 aromatic carbocycles. The first-order valence-electron chi connectivity index (χ1n) is 6.02. The fraction of sp³-hybridized carbons (Fsp3) is 0.462. The van der Waals surface area contributed by atoms with E-state index in [0.29, 0.717) is 5.69 Å². The second-order valence-corrected chi connectivity index (χ2v) is 4.52. The summed E-state index contributed by atoms with van der Waals surface area (Å²) >= 11 is 0. The molecule has 2 rings (SSSR count). The van der Waals surface area contributed by atoms with Crippen LogP contribution in [-0.4, -0.2) is 16.6 Å². The van der Waals surface area contributed by atoms with Gasteiger partial charge in [0.05, 0.1) is 0 Å². The molecule has 0 atom stereocenters. The topological polar surface area (TPSA) is 54.4 Å². The fourth-order valence-electron chi connectivity index (χ4n) is 1.89. The number of hydrogen-bond donors (Lipinski definition) is 1. The third-order valence-electron chi connectivity index (χ3n) is 3.06. The van der Waals surface area contributed by atoms with Crippen LogP contribution in [0.4, 0.5) is 0 Å². The summed E-state index contributed by atoms with van der Waals surface area (Å²) in [5.74, 6) is 0.539. The van der Waals surface area contributed by atoms with E-state index < -0.39 is 0 Å². The minimum Gasteiger partial charge on any atom is -0.266 e. The lowest BCUT2D eigenvalue weighted by Crippen LogP contribution is -2.22. The average molecular weight is 231 g/mol. The van der Waals surface area contributed by atoms with Crippen LogP contribution in [0.2, 0.25) is 0 Å². The van der Waals surface area contributed by atoms with Gasteiger partial charge in [-0.3, -0.25) is 9.78 Å². The summed E-state index contributed by atoms with van der Waals surface area (Å²) in [6, 6.07) is 5.25. The third kappa shape index (κ3) is 3.37. The quantitative estimate of drug-likeness (QED) is 0.794. The molecule has 0 radical (unpaired) electrons. The highest BCUT2D eigenvalue weighted by atomic mass is 16.2. The number of pyridine rings is 1. The summed E-state index contributed by atoms with van der Waals surface area (Å²) in [5, 5.41) is 4.17. The van der Waals surface area contributed by atoms with Gasteiger partial charge in [-0.1, -0.05) is 13.0 Å². The van der Waals surface area contributed by atoms with Crippen molar-refractivity contribution in [2.75, 3.05) is 0 Å². The standard InChI is InChI=1S/C13H17N3O/c1-10-5-7-11(8-6-10)15-16-13(17)12-4-2-3-9-14-12/h2-4,9-10H,5-8H2,1H3,(H,16,17). The van der Waals surface area contributed by atoms with Crippen molar-refractivity contribution in [3.05, 3.63) is 30.1 Å². The van der Waals surface area contributed by atoms with Gasteiger partial charge in [0, 0.05) is 11.9 Å². The van der Waals surface area contributed by atoms with Gasteiger partial charge in [0.15, 0.2) is 0 Å². The predicted molar refractivity (Wildman–Crippen MR) is 66.8 cm³/mol. The molecule has 90 valence electrons. The van der Waals surface area contributed by atoms with E-state index >= 15 is 0 Å². The highest BCUT2D eigenvalue weighted by molar-refractivity contribution is 5.93. The first-order chi connectivity index (χ1) is 8.25. The molecule has 0 spiro atoms. The molecule has 4 heteroatoms. The molecular formula is C13H17N3O. The Morgan fingerprint density at radius 1 is 1.41 bits per heavy atom. The molecule has 1 saturated carbocycles. The predicted octanol–water partition coefficient (Wildman–Crippen LogP) is 2.38. The van der Waals surface area contributed by atoms with Crippen LogP contribution in [0.5, 0.6) is 0 Å². The molecule has 1 aliphatic rings. The van der Waals surface area contributed by atoms with Gasteiger partial charge in [0.1, 0.15) is 5.69 Å². The maximum atomic E-state index is 11.7. The summed E-state index contributed by atoms with van der Waals surface area (Å²) in [5.41, 5.74) is 4.06. The Labute approximate surface area is 101 Å². The van der Waals surface area contributed by atoms with E-state index in [1.165, 1.54) is 0 Å². The summed E-state index contributed by atoms with van der Waals surface area (Å²) in [7, 11) is 0. The number of rotatable bonds is 2. The zero-order valence-electron chi connectivity index (χ0n) is 10.0. The van der Waals surface area contributed by atoms with Crippen molar-refractivity contribution in [1.29, 1.82) is 0 Å². The number of nitrogens with zero attached hydrogens (tertiary/aromatic N) is 2. The molecule has 1 fully saturated rings. The Morgan fingerprint density at radius 3 is 2.82 bits per heavy atom. The molecule has 1 heterocycles. The van der Waals surface area contributed by atoms with Gasteiger partial charge >= 0.3 is 0 Å². The molecule has 1 aromatic rings. The Balaban J connectivity index is 1.90. The Kier molecular flexibility index (Phi) is 3.85. The van der Waals surface area contributed by atoms with Crippen molar-refractivity contribution in [1.82, 2.24) is 10.4 Å².